The fourth-order valence-corrected chi connectivity index (χ4v) is 2.60. The van der Waals surface area contributed by atoms with Crippen LogP contribution in [0.25, 0.3) is 0 Å². The number of rotatable bonds is 7. The Labute approximate surface area is 126 Å². The van der Waals surface area contributed by atoms with E-state index in [0.717, 1.165) is 51.3 Å². The van der Waals surface area contributed by atoms with Crippen molar-refractivity contribution >= 4 is 5.91 Å². The van der Waals surface area contributed by atoms with Crippen molar-refractivity contribution in [2.45, 2.75) is 32.2 Å². The normalized spacial score (nSPS) is 17.6. The summed E-state index contributed by atoms with van der Waals surface area (Å²) in [4.78, 5) is 14.4. The SMILES string of the molecule is CC[C@@H](NC(=O)CCCN1CCOCC1)c1cnn(C)c1. The molecule has 0 bridgehead atoms. The van der Waals surface area contributed by atoms with Crippen LogP contribution < -0.4 is 5.32 Å². The van der Waals surface area contributed by atoms with Gasteiger partial charge in [-0.25, -0.2) is 0 Å². The second-order valence-electron chi connectivity index (χ2n) is 5.53. The molecule has 1 aromatic heterocycles. The van der Waals surface area contributed by atoms with E-state index >= 15 is 0 Å². The van der Waals surface area contributed by atoms with E-state index in [1.54, 1.807) is 4.68 Å². The molecule has 0 radical (unpaired) electrons. The van der Waals surface area contributed by atoms with Gasteiger partial charge in [-0.2, -0.15) is 5.10 Å². The number of morpholine rings is 1. The number of hydrogen-bond donors (Lipinski definition) is 1. The van der Waals surface area contributed by atoms with Crippen molar-refractivity contribution in [3.63, 3.8) is 0 Å². The lowest BCUT2D eigenvalue weighted by Crippen LogP contribution is -2.37. The highest BCUT2D eigenvalue weighted by molar-refractivity contribution is 5.76. The van der Waals surface area contributed by atoms with Gasteiger partial charge in [-0.05, 0) is 19.4 Å². The minimum absolute atomic E-state index is 0.0644. The molecule has 1 aliphatic rings. The van der Waals surface area contributed by atoms with Crippen LogP contribution >= 0.6 is 0 Å². The quantitative estimate of drug-likeness (QED) is 0.818. The van der Waals surface area contributed by atoms with Crippen molar-refractivity contribution in [2.75, 3.05) is 32.8 Å². The summed E-state index contributed by atoms with van der Waals surface area (Å²) in [5.41, 5.74) is 1.07. The Balaban J connectivity index is 1.70. The lowest BCUT2D eigenvalue weighted by Gasteiger charge is -2.26. The van der Waals surface area contributed by atoms with Crippen LogP contribution in [0.3, 0.4) is 0 Å². The zero-order valence-corrected chi connectivity index (χ0v) is 13.0. The minimum Gasteiger partial charge on any atom is -0.379 e. The zero-order valence-electron chi connectivity index (χ0n) is 13.0. The number of nitrogens with one attached hydrogen (secondary N) is 1. The van der Waals surface area contributed by atoms with Crippen molar-refractivity contribution in [3.05, 3.63) is 18.0 Å². The van der Waals surface area contributed by atoms with Crippen LogP contribution in [0.5, 0.6) is 0 Å². The number of carbonyl (C=O) groups excluding carboxylic acids is 1. The van der Waals surface area contributed by atoms with Crippen LogP contribution in [0, 0.1) is 0 Å². The monoisotopic (exact) mass is 294 g/mol. The molecule has 1 amide bonds. The van der Waals surface area contributed by atoms with Crippen molar-refractivity contribution in [2.24, 2.45) is 7.05 Å². The highest BCUT2D eigenvalue weighted by atomic mass is 16.5. The van der Waals surface area contributed by atoms with E-state index in [2.05, 4.69) is 22.2 Å². The number of amides is 1. The first-order chi connectivity index (χ1) is 10.2. The standard InChI is InChI=1S/C15H26N4O2/c1-3-14(13-11-16-18(2)12-13)17-15(20)5-4-6-19-7-9-21-10-8-19/h11-12,14H,3-10H2,1-2H3,(H,17,20)/t14-/m1/s1. The van der Waals surface area contributed by atoms with Gasteiger partial charge in [0.25, 0.3) is 0 Å². The van der Waals surface area contributed by atoms with Gasteiger partial charge in [0.05, 0.1) is 25.5 Å². The Morgan fingerprint density at radius 3 is 2.86 bits per heavy atom. The molecule has 0 aliphatic carbocycles. The van der Waals surface area contributed by atoms with Gasteiger partial charge in [-0.15, -0.1) is 0 Å². The second kappa shape index (κ2) is 8.14. The predicted octanol–water partition coefficient (Wildman–Crippen LogP) is 1.10. The maximum absolute atomic E-state index is 12.1. The van der Waals surface area contributed by atoms with E-state index in [4.69, 9.17) is 4.74 Å². The molecular formula is C15H26N4O2. The minimum atomic E-state index is 0.0644. The average molecular weight is 294 g/mol. The molecule has 21 heavy (non-hydrogen) atoms. The van der Waals surface area contributed by atoms with Crippen molar-refractivity contribution in [3.8, 4) is 0 Å². The van der Waals surface area contributed by atoms with Crippen molar-refractivity contribution in [1.29, 1.82) is 0 Å². The summed E-state index contributed by atoms with van der Waals surface area (Å²) in [5.74, 6) is 0.124. The Bertz CT molecular complexity index is 441. The molecule has 0 aromatic carbocycles. The number of carbonyl (C=O) groups is 1. The number of hydrogen-bond acceptors (Lipinski definition) is 4. The molecule has 6 heteroatoms. The summed E-state index contributed by atoms with van der Waals surface area (Å²) in [5, 5.41) is 7.26. The van der Waals surface area contributed by atoms with Gasteiger partial charge < -0.3 is 10.1 Å². The van der Waals surface area contributed by atoms with Gasteiger partial charge in [0, 0.05) is 38.3 Å². The Kier molecular flexibility index (Phi) is 6.20. The van der Waals surface area contributed by atoms with E-state index in [0.29, 0.717) is 6.42 Å². The Morgan fingerprint density at radius 1 is 1.48 bits per heavy atom. The number of nitrogens with zero attached hydrogens (tertiary/aromatic N) is 3. The number of aromatic nitrogens is 2. The third kappa shape index (κ3) is 5.13. The summed E-state index contributed by atoms with van der Waals surface area (Å²) in [7, 11) is 1.89. The highest BCUT2D eigenvalue weighted by Gasteiger charge is 2.15. The van der Waals surface area contributed by atoms with Gasteiger partial charge in [-0.1, -0.05) is 6.92 Å². The first-order valence-electron chi connectivity index (χ1n) is 7.77. The molecule has 1 N–H and O–H groups in total. The summed E-state index contributed by atoms with van der Waals surface area (Å²) >= 11 is 0. The molecule has 2 heterocycles. The third-order valence-corrected chi connectivity index (χ3v) is 3.85. The van der Waals surface area contributed by atoms with Crippen molar-refractivity contribution < 1.29 is 9.53 Å². The Morgan fingerprint density at radius 2 is 2.24 bits per heavy atom. The Hall–Kier alpha value is -1.40. The molecule has 0 spiro atoms. The molecule has 1 fully saturated rings. The maximum Gasteiger partial charge on any atom is 0.220 e. The predicted molar refractivity (Wildman–Crippen MR) is 80.9 cm³/mol. The molecule has 2 rings (SSSR count). The molecule has 1 aliphatic heterocycles. The molecule has 118 valence electrons. The first-order valence-corrected chi connectivity index (χ1v) is 7.77. The van der Waals surface area contributed by atoms with E-state index < -0.39 is 0 Å². The molecule has 1 saturated heterocycles. The second-order valence-corrected chi connectivity index (χ2v) is 5.53. The van der Waals surface area contributed by atoms with E-state index in [-0.39, 0.29) is 11.9 Å². The number of ether oxygens (including phenoxy) is 1. The molecular weight excluding hydrogens is 268 g/mol. The van der Waals surface area contributed by atoms with Crippen LogP contribution in [0.1, 0.15) is 37.8 Å². The topological polar surface area (TPSA) is 59.4 Å². The third-order valence-electron chi connectivity index (χ3n) is 3.85. The highest BCUT2D eigenvalue weighted by Crippen LogP contribution is 2.15. The van der Waals surface area contributed by atoms with Gasteiger partial charge >= 0.3 is 0 Å². The van der Waals surface area contributed by atoms with Gasteiger partial charge in [0.1, 0.15) is 0 Å². The smallest absolute Gasteiger partial charge is 0.220 e. The number of aryl methyl sites for hydroxylation is 1. The summed E-state index contributed by atoms with van der Waals surface area (Å²) in [6.07, 6.45) is 6.13. The van der Waals surface area contributed by atoms with Crippen LogP contribution in [-0.2, 0) is 16.6 Å². The fraction of sp³-hybridized carbons (Fsp3) is 0.733. The largest absolute Gasteiger partial charge is 0.379 e. The molecule has 1 atom stereocenters. The maximum atomic E-state index is 12.1. The van der Waals surface area contributed by atoms with Crippen LogP contribution in [0.2, 0.25) is 0 Å². The van der Waals surface area contributed by atoms with Crippen molar-refractivity contribution in [1.82, 2.24) is 20.0 Å². The summed E-state index contributed by atoms with van der Waals surface area (Å²) in [6.45, 7) is 6.63. The fourth-order valence-electron chi connectivity index (χ4n) is 2.60. The van der Waals surface area contributed by atoms with Gasteiger partial charge in [0.15, 0.2) is 0 Å². The van der Waals surface area contributed by atoms with E-state index in [1.165, 1.54) is 0 Å². The van der Waals surface area contributed by atoms with E-state index in [9.17, 15) is 4.79 Å². The van der Waals surface area contributed by atoms with Crippen LogP contribution in [0.15, 0.2) is 12.4 Å². The molecule has 0 saturated carbocycles. The lowest BCUT2D eigenvalue weighted by atomic mass is 10.1. The first kappa shape index (κ1) is 16.0. The van der Waals surface area contributed by atoms with Crippen LogP contribution in [0.4, 0.5) is 0 Å². The molecule has 0 unspecified atom stereocenters. The van der Waals surface area contributed by atoms with Gasteiger partial charge in [0.2, 0.25) is 5.91 Å². The molecule has 6 nitrogen and oxygen atoms in total. The van der Waals surface area contributed by atoms with Gasteiger partial charge in [-0.3, -0.25) is 14.4 Å². The summed E-state index contributed by atoms with van der Waals surface area (Å²) < 4.78 is 7.08. The average Bonchev–Trinajstić information content (AvgIpc) is 2.92. The molecule has 1 aromatic rings. The van der Waals surface area contributed by atoms with E-state index in [1.807, 2.05) is 19.4 Å². The van der Waals surface area contributed by atoms with Crippen LogP contribution in [-0.4, -0.2) is 53.4 Å². The summed E-state index contributed by atoms with van der Waals surface area (Å²) in [6, 6.07) is 0.0644. The zero-order chi connectivity index (χ0) is 15.1. The lowest BCUT2D eigenvalue weighted by molar-refractivity contribution is -0.122.